The van der Waals surface area contributed by atoms with E-state index in [0.717, 1.165) is 47.6 Å². The van der Waals surface area contributed by atoms with Gasteiger partial charge in [0.15, 0.2) is 0 Å². The quantitative estimate of drug-likeness (QED) is 0.416. The van der Waals surface area contributed by atoms with Crippen LogP contribution in [-0.4, -0.2) is 37.6 Å². The van der Waals surface area contributed by atoms with Gasteiger partial charge in [0, 0.05) is 42.5 Å². The summed E-state index contributed by atoms with van der Waals surface area (Å²) >= 11 is 0. The number of aromatic nitrogens is 3. The van der Waals surface area contributed by atoms with E-state index in [1.165, 1.54) is 88.4 Å². The Morgan fingerprint density at radius 1 is 0.686 bits per heavy atom. The van der Waals surface area contributed by atoms with Gasteiger partial charge >= 0.3 is 0 Å². The first-order valence-electron chi connectivity index (χ1n) is 14.4. The van der Waals surface area contributed by atoms with Gasteiger partial charge in [0.1, 0.15) is 5.82 Å². The fraction of sp³-hybridized carbons (Fsp3) is 0.613. The van der Waals surface area contributed by atoms with E-state index in [1.54, 1.807) is 0 Å². The third-order valence-corrected chi connectivity index (χ3v) is 9.88. The smallest absolute Gasteiger partial charge is 0.116 e. The molecule has 1 aromatic carbocycles. The Labute approximate surface area is 210 Å². The van der Waals surface area contributed by atoms with E-state index >= 15 is 0 Å². The summed E-state index contributed by atoms with van der Waals surface area (Å²) < 4.78 is 2.63. The number of rotatable bonds is 4. The van der Waals surface area contributed by atoms with Crippen molar-refractivity contribution in [3.8, 4) is 0 Å². The van der Waals surface area contributed by atoms with Crippen molar-refractivity contribution in [1.82, 2.24) is 19.4 Å². The molecule has 4 aliphatic rings. The highest BCUT2D eigenvalue weighted by Crippen LogP contribution is 2.47. The molecule has 0 N–H and O–H groups in total. The predicted octanol–water partition coefficient (Wildman–Crippen LogP) is 6.94. The zero-order chi connectivity index (χ0) is 23.2. The minimum atomic E-state index is 0.554. The Kier molecular flexibility index (Phi) is 5.89. The van der Waals surface area contributed by atoms with Crippen molar-refractivity contribution in [2.45, 2.75) is 108 Å². The first-order valence-corrected chi connectivity index (χ1v) is 14.4. The molecule has 4 bridgehead atoms. The molecule has 2 aliphatic heterocycles. The zero-order valence-corrected chi connectivity index (χ0v) is 21.1. The lowest BCUT2D eigenvalue weighted by Gasteiger charge is -2.54. The fourth-order valence-electron chi connectivity index (χ4n) is 8.60. The van der Waals surface area contributed by atoms with Crippen LogP contribution < -0.4 is 0 Å². The molecule has 0 radical (unpaired) electrons. The lowest BCUT2D eigenvalue weighted by atomic mass is 9.73. The van der Waals surface area contributed by atoms with Gasteiger partial charge in [0.2, 0.25) is 0 Å². The topological polar surface area (TPSA) is 34.0 Å². The van der Waals surface area contributed by atoms with Crippen LogP contribution >= 0.6 is 0 Å². The summed E-state index contributed by atoms with van der Waals surface area (Å²) in [5.74, 6) is 3.20. The minimum absolute atomic E-state index is 0.554. The number of para-hydroxylation sites is 2. The SMILES string of the molecule is c1ccc(Cc2nc3ccccc3n2C2C[C@H]3CCC[C@@H](C2)N3C2C[C@H]3CCCC[C@@H](C2)C3)nc1. The summed E-state index contributed by atoms with van der Waals surface area (Å²) in [5.41, 5.74) is 3.58. The first kappa shape index (κ1) is 22.0. The highest BCUT2D eigenvalue weighted by atomic mass is 15.3. The number of piperidine rings is 2. The minimum Gasteiger partial charge on any atom is -0.324 e. The molecular formula is C31H40N4. The molecule has 2 saturated heterocycles. The van der Waals surface area contributed by atoms with Crippen molar-refractivity contribution in [3.63, 3.8) is 0 Å². The van der Waals surface area contributed by atoms with E-state index in [9.17, 15) is 0 Å². The fourth-order valence-corrected chi connectivity index (χ4v) is 8.60. The highest BCUT2D eigenvalue weighted by Gasteiger charge is 2.45. The normalized spacial score (nSPS) is 33.5. The van der Waals surface area contributed by atoms with Crippen LogP contribution in [0.15, 0.2) is 48.7 Å². The van der Waals surface area contributed by atoms with Crippen LogP contribution in [0.4, 0.5) is 0 Å². The molecule has 4 nitrogen and oxygen atoms in total. The van der Waals surface area contributed by atoms with Crippen LogP contribution in [0.1, 0.15) is 94.6 Å². The van der Waals surface area contributed by atoms with E-state index in [2.05, 4.69) is 50.8 Å². The van der Waals surface area contributed by atoms with Gasteiger partial charge in [-0.1, -0.05) is 50.3 Å². The molecule has 3 aromatic rings. The van der Waals surface area contributed by atoms with Crippen LogP contribution in [0.3, 0.4) is 0 Å². The second-order valence-electron chi connectivity index (χ2n) is 12.1. The molecule has 4 heterocycles. The average Bonchev–Trinajstić information content (AvgIpc) is 3.14. The van der Waals surface area contributed by atoms with E-state index in [1.807, 2.05) is 12.3 Å². The van der Waals surface area contributed by atoms with E-state index in [-0.39, 0.29) is 0 Å². The van der Waals surface area contributed by atoms with Gasteiger partial charge < -0.3 is 4.57 Å². The predicted molar refractivity (Wildman–Crippen MR) is 141 cm³/mol. The second kappa shape index (κ2) is 9.35. The zero-order valence-electron chi connectivity index (χ0n) is 21.1. The Balaban J connectivity index is 1.19. The maximum atomic E-state index is 5.14. The summed E-state index contributed by atoms with van der Waals surface area (Å²) in [6.07, 6.45) is 19.9. The summed E-state index contributed by atoms with van der Waals surface area (Å²) in [6, 6.07) is 17.9. The van der Waals surface area contributed by atoms with Crippen LogP contribution in [-0.2, 0) is 6.42 Å². The number of hydrogen-bond donors (Lipinski definition) is 0. The van der Waals surface area contributed by atoms with E-state index in [0.29, 0.717) is 6.04 Å². The Bertz CT molecular complexity index is 1130. The monoisotopic (exact) mass is 468 g/mol. The number of pyridine rings is 1. The molecule has 2 saturated carbocycles. The van der Waals surface area contributed by atoms with E-state index < -0.39 is 0 Å². The molecule has 2 unspecified atom stereocenters. The Morgan fingerprint density at radius 2 is 1.43 bits per heavy atom. The molecule has 35 heavy (non-hydrogen) atoms. The standard InChI is InChI=1S/C31H40N4/c1-2-9-23-16-22(8-1)17-27(18-23)34-25-11-7-12-26(34)21-28(20-25)35-30-14-4-3-13-29(30)33-31(35)19-24-10-5-6-15-32-24/h3-6,10,13-15,22-23,25-28H,1-2,7-9,11-12,16-21H2/t22-,23+,25-,26+,27?,28?. The van der Waals surface area contributed by atoms with Gasteiger partial charge in [0.25, 0.3) is 0 Å². The van der Waals surface area contributed by atoms with Crippen molar-refractivity contribution in [1.29, 1.82) is 0 Å². The van der Waals surface area contributed by atoms with Crippen LogP contribution in [0.25, 0.3) is 11.0 Å². The number of nitrogens with zero attached hydrogens (tertiary/aromatic N) is 4. The summed E-state index contributed by atoms with van der Waals surface area (Å²) in [6.45, 7) is 0. The third-order valence-electron chi connectivity index (χ3n) is 9.88. The van der Waals surface area contributed by atoms with Crippen LogP contribution in [0, 0.1) is 11.8 Å². The van der Waals surface area contributed by atoms with E-state index in [4.69, 9.17) is 4.98 Å². The maximum Gasteiger partial charge on any atom is 0.116 e. The molecule has 0 amide bonds. The number of imidazole rings is 1. The molecule has 4 fully saturated rings. The van der Waals surface area contributed by atoms with Gasteiger partial charge in [-0.05, 0) is 81.0 Å². The Hall–Kier alpha value is -2.20. The molecular weight excluding hydrogens is 428 g/mol. The van der Waals surface area contributed by atoms with Gasteiger partial charge in [0.05, 0.1) is 11.0 Å². The number of hydrogen-bond acceptors (Lipinski definition) is 3. The van der Waals surface area contributed by atoms with Gasteiger partial charge in [-0.15, -0.1) is 0 Å². The maximum absolute atomic E-state index is 5.14. The first-order chi connectivity index (χ1) is 17.3. The van der Waals surface area contributed by atoms with Crippen LogP contribution in [0.5, 0.6) is 0 Å². The van der Waals surface area contributed by atoms with Gasteiger partial charge in [-0.25, -0.2) is 4.98 Å². The van der Waals surface area contributed by atoms with Gasteiger partial charge in [-0.2, -0.15) is 0 Å². The largest absolute Gasteiger partial charge is 0.324 e. The molecule has 4 heteroatoms. The average molecular weight is 469 g/mol. The molecule has 2 aliphatic carbocycles. The third kappa shape index (κ3) is 4.22. The molecule has 0 spiro atoms. The Morgan fingerprint density at radius 3 is 2.17 bits per heavy atom. The van der Waals surface area contributed by atoms with Crippen molar-refractivity contribution in [2.75, 3.05) is 0 Å². The van der Waals surface area contributed by atoms with Crippen LogP contribution in [0.2, 0.25) is 0 Å². The molecule has 2 aromatic heterocycles. The highest BCUT2D eigenvalue weighted by molar-refractivity contribution is 5.76. The summed E-state index contributed by atoms with van der Waals surface area (Å²) in [7, 11) is 0. The molecule has 184 valence electrons. The number of fused-ring (bicyclic) bond motifs is 5. The number of benzene rings is 1. The van der Waals surface area contributed by atoms with Crippen molar-refractivity contribution in [2.24, 2.45) is 11.8 Å². The summed E-state index contributed by atoms with van der Waals surface area (Å²) in [5, 5.41) is 0. The lowest BCUT2D eigenvalue weighted by Crippen LogP contribution is -2.58. The van der Waals surface area contributed by atoms with Crippen molar-refractivity contribution in [3.05, 3.63) is 60.2 Å². The van der Waals surface area contributed by atoms with Crippen molar-refractivity contribution >= 4 is 11.0 Å². The molecule has 6 atom stereocenters. The second-order valence-corrected chi connectivity index (χ2v) is 12.1. The summed E-state index contributed by atoms with van der Waals surface area (Å²) in [4.78, 5) is 12.9. The van der Waals surface area contributed by atoms with Crippen molar-refractivity contribution < 1.29 is 0 Å². The molecule has 7 rings (SSSR count). The lowest BCUT2D eigenvalue weighted by molar-refractivity contribution is -0.0419. The van der Waals surface area contributed by atoms with Gasteiger partial charge in [-0.3, -0.25) is 9.88 Å².